The molecule has 1 saturated heterocycles. The molecule has 1 aliphatic heterocycles. The number of halogens is 1. The Morgan fingerprint density at radius 2 is 2.45 bits per heavy atom. The van der Waals surface area contributed by atoms with Crippen molar-refractivity contribution in [3.63, 3.8) is 0 Å². The highest BCUT2D eigenvalue weighted by Gasteiger charge is 2.28. The van der Waals surface area contributed by atoms with Crippen LogP contribution < -0.4 is 5.32 Å². The predicted molar refractivity (Wildman–Crippen MR) is 74.1 cm³/mol. The number of carbonyl (C=O) groups excluding carboxylic acids is 1. The van der Waals surface area contributed by atoms with Crippen LogP contribution >= 0.6 is 0 Å². The van der Waals surface area contributed by atoms with Crippen molar-refractivity contribution in [1.82, 2.24) is 9.88 Å². The predicted octanol–water partition coefficient (Wildman–Crippen LogP) is 1.50. The summed E-state index contributed by atoms with van der Waals surface area (Å²) in [6.45, 7) is 3.91. The first kappa shape index (κ1) is 14.7. The Morgan fingerprint density at radius 3 is 3.15 bits per heavy atom. The summed E-state index contributed by atoms with van der Waals surface area (Å²) in [5.41, 5.74) is 0.275. The smallest absolute Gasteiger partial charge is 0.257 e. The fourth-order valence-electron chi connectivity index (χ4n) is 2.52. The van der Waals surface area contributed by atoms with Gasteiger partial charge in [0, 0.05) is 26.2 Å². The molecule has 1 unspecified atom stereocenters. The zero-order valence-corrected chi connectivity index (χ0v) is 11.6. The van der Waals surface area contributed by atoms with Crippen molar-refractivity contribution in [3.05, 3.63) is 23.6 Å². The Hall–Kier alpha value is -1.69. The quantitative estimate of drug-likeness (QED) is 0.858. The highest BCUT2D eigenvalue weighted by atomic mass is 19.1. The second kappa shape index (κ2) is 6.65. The minimum absolute atomic E-state index is 0.136. The number of anilines is 1. The molecule has 1 fully saturated rings. The lowest BCUT2D eigenvalue weighted by molar-refractivity contribution is 0.0785. The molecule has 110 valence electrons. The molecule has 20 heavy (non-hydrogen) atoms. The lowest BCUT2D eigenvalue weighted by atomic mass is 10.1. The number of aliphatic hydroxyl groups excluding tert-OH is 1. The van der Waals surface area contributed by atoms with Gasteiger partial charge in [-0.25, -0.2) is 9.37 Å². The monoisotopic (exact) mass is 281 g/mol. The summed E-state index contributed by atoms with van der Waals surface area (Å²) < 4.78 is 13.3. The van der Waals surface area contributed by atoms with Gasteiger partial charge in [0.1, 0.15) is 11.6 Å². The number of pyridine rings is 1. The topological polar surface area (TPSA) is 65.5 Å². The number of hydrogen-bond donors (Lipinski definition) is 2. The van der Waals surface area contributed by atoms with E-state index in [4.69, 9.17) is 5.11 Å². The van der Waals surface area contributed by atoms with Crippen LogP contribution in [0.15, 0.2) is 12.3 Å². The average Bonchev–Trinajstić information content (AvgIpc) is 2.89. The van der Waals surface area contributed by atoms with Crippen LogP contribution in [0, 0.1) is 11.7 Å². The largest absolute Gasteiger partial charge is 0.396 e. The van der Waals surface area contributed by atoms with Crippen molar-refractivity contribution >= 4 is 11.7 Å². The summed E-state index contributed by atoms with van der Waals surface area (Å²) in [5.74, 6) is 0.0343. The summed E-state index contributed by atoms with van der Waals surface area (Å²) >= 11 is 0. The zero-order chi connectivity index (χ0) is 14.5. The zero-order valence-electron chi connectivity index (χ0n) is 11.6. The molecule has 1 amide bonds. The van der Waals surface area contributed by atoms with Crippen molar-refractivity contribution < 1.29 is 14.3 Å². The maximum Gasteiger partial charge on any atom is 0.257 e. The Labute approximate surface area is 117 Å². The van der Waals surface area contributed by atoms with E-state index in [0.717, 1.165) is 12.6 Å². The molecule has 2 heterocycles. The van der Waals surface area contributed by atoms with Crippen LogP contribution in [-0.2, 0) is 0 Å². The normalized spacial score (nSPS) is 18.4. The van der Waals surface area contributed by atoms with Crippen molar-refractivity contribution in [3.8, 4) is 0 Å². The van der Waals surface area contributed by atoms with E-state index in [1.807, 2.05) is 6.92 Å². The Balaban J connectivity index is 2.14. The molecule has 0 radical (unpaired) electrons. The third kappa shape index (κ3) is 3.25. The number of rotatable bonds is 5. The van der Waals surface area contributed by atoms with E-state index in [9.17, 15) is 9.18 Å². The number of amides is 1. The van der Waals surface area contributed by atoms with E-state index < -0.39 is 5.82 Å². The highest BCUT2D eigenvalue weighted by molar-refractivity contribution is 5.98. The molecule has 2 N–H and O–H groups in total. The summed E-state index contributed by atoms with van der Waals surface area (Å²) in [5, 5.41) is 11.9. The van der Waals surface area contributed by atoms with E-state index in [1.54, 1.807) is 4.90 Å². The molecule has 5 nitrogen and oxygen atoms in total. The van der Waals surface area contributed by atoms with E-state index in [1.165, 1.54) is 6.07 Å². The van der Waals surface area contributed by atoms with Gasteiger partial charge in [0.2, 0.25) is 0 Å². The van der Waals surface area contributed by atoms with Gasteiger partial charge in [-0.3, -0.25) is 4.79 Å². The van der Waals surface area contributed by atoms with Gasteiger partial charge in [-0.05, 0) is 31.7 Å². The number of carbonyl (C=O) groups is 1. The minimum Gasteiger partial charge on any atom is -0.396 e. The van der Waals surface area contributed by atoms with Crippen LogP contribution in [-0.4, -0.2) is 47.1 Å². The molecule has 6 heteroatoms. The second-order valence-corrected chi connectivity index (χ2v) is 5.00. The number of nitrogens with one attached hydrogen (secondary N) is 1. The van der Waals surface area contributed by atoms with Crippen molar-refractivity contribution in [2.24, 2.45) is 5.92 Å². The molecular weight excluding hydrogens is 261 g/mol. The maximum absolute atomic E-state index is 13.3. The molecule has 0 saturated carbocycles. The molecular formula is C14H20FN3O2. The van der Waals surface area contributed by atoms with Gasteiger partial charge in [-0.15, -0.1) is 0 Å². The molecule has 2 rings (SSSR count). The van der Waals surface area contributed by atoms with Gasteiger partial charge in [-0.2, -0.15) is 0 Å². The van der Waals surface area contributed by atoms with Gasteiger partial charge < -0.3 is 15.3 Å². The summed E-state index contributed by atoms with van der Waals surface area (Å²) in [6.07, 6.45) is 2.68. The van der Waals surface area contributed by atoms with E-state index >= 15 is 0 Å². The van der Waals surface area contributed by atoms with Gasteiger partial charge in [-0.1, -0.05) is 0 Å². The van der Waals surface area contributed by atoms with E-state index in [2.05, 4.69) is 10.3 Å². The molecule has 0 aromatic carbocycles. The molecule has 0 aliphatic carbocycles. The van der Waals surface area contributed by atoms with Gasteiger partial charge in [0.15, 0.2) is 0 Å². The Kier molecular flexibility index (Phi) is 4.89. The second-order valence-electron chi connectivity index (χ2n) is 5.00. The third-order valence-corrected chi connectivity index (χ3v) is 3.54. The Bertz CT molecular complexity index is 481. The number of aromatic nitrogens is 1. The summed E-state index contributed by atoms with van der Waals surface area (Å²) in [4.78, 5) is 18.1. The van der Waals surface area contributed by atoms with E-state index in [-0.39, 0.29) is 18.1 Å². The molecule has 1 aliphatic rings. The molecule has 0 spiro atoms. The first-order valence-electron chi connectivity index (χ1n) is 6.95. The van der Waals surface area contributed by atoms with Crippen LogP contribution in [0.2, 0.25) is 0 Å². The van der Waals surface area contributed by atoms with Crippen molar-refractivity contribution in [2.75, 3.05) is 31.6 Å². The van der Waals surface area contributed by atoms with Crippen LogP contribution in [0.5, 0.6) is 0 Å². The first-order chi connectivity index (χ1) is 9.65. The van der Waals surface area contributed by atoms with Gasteiger partial charge in [0.25, 0.3) is 5.91 Å². The highest BCUT2D eigenvalue weighted by Crippen LogP contribution is 2.23. The SMILES string of the molecule is CCNc1ncc(F)cc1C(=O)N1CCC(CCO)C1. The van der Waals surface area contributed by atoms with Crippen molar-refractivity contribution in [1.29, 1.82) is 0 Å². The number of aliphatic hydroxyl groups is 1. The van der Waals surface area contributed by atoms with Crippen LogP contribution in [0.3, 0.4) is 0 Å². The van der Waals surface area contributed by atoms with Crippen LogP contribution in [0.4, 0.5) is 10.2 Å². The lowest BCUT2D eigenvalue weighted by Gasteiger charge is -2.18. The molecule has 0 bridgehead atoms. The standard InChI is InChI=1S/C14H20FN3O2/c1-2-16-13-12(7-11(15)8-17-13)14(20)18-5-3-10(9-18)4-6-19/h7-8,10,19H,2-6,9H2,1H3,(H,16,17). The fourth-order valence-corrected chi connectivity index (χ4v) is 2.52. The first-order valence-corrected chi connectivity index (χ1v) is 6.95. The summed E-state index contributed by atoms with van der Waals surface area (Å²) in [6, 6.07) is 1.23. The lowest BCUT2D eigenvalue weighted by Crippen LogP contribution is -2.30. The molecule has 1 atom stereocenters. The molecule has 1 aromatic heterocycles. The van der Waals surface area contributed by atoms with Gasteiger partial charge >= 0.3 is 0 Å². The van der Waals surface area contributed by atoms with Gasteiger partial charge in [0.05, 0.1) is 11.8 Å². The van der Waals surface area contributed by atoms with Crippen molar-refractivity contribution in [2.45, 2.75) is 19.8 Å². The third-order valence-electron chi connectivity index (χ3n) is 3.54. The number of likely N-dealkylation sites (tertiary alicyclic amines) is 1. The Morgan fingerprint density at radius 1 is 1.65 bits per heavy atom. The average molecular weight is 281 g/mol. The minimum atomic E-state index is -0.513. The van der Waals surface area contributed by atoms with Crippen LogP contribution in [0.1, 0.15) is 30.1 Å². The molecule has 1 aromatic rings. The van der Waals surface area contributed by atoms with E-state index in [0.29, 0.717) is 37.8 Å². The number of hydrogen-bond acceptors (Lipinski definition) is 4. The maximum atomic E-state index is 13.3. The summed E-state index contributed by atoms with van der Waals surface area (Å²) in [7, 11) is 0. The fraction of sp³-hybridized carbons (Fsp3) is 0.571. The number of nitrogens with zero attached hydrogens (tertiary/aromatic N) is 2. The van der Waals surface area contributed by atoms with Crippen LogP contribution in [0.25, 0.3) is 0 Å².